The van der Waals surface area contributed by atoms with Crippen LogP contribution in [0.1, 0.15) is 34.0 Å². The quantitative estimate of drug-likeness (QED) is 0.415. The number of amides is 1. The topological polar surface area (TPSA) is 66.5 Å². The SMILES string of the molecule is C[C@@H]1Cc2cc(C(=O)Nc3cc(C(F)(F)F)cc(C(F)(F)F)c3)ccc2N1S(=O)(=O)c1ccccc1. The summed E-state index contributed by atoms with van der Waals surface area (Å²) in [5, 5.41) is 2.08. The molecule has 0 aliphatic carbocycles. The van der Waals surface area contributed by atoms with Crippen molar-refractivity contribution in [3.63, 3.8) is 0 Å². The number of alkyl halides is 6. The number of carbonyl (C=O) groups excluding carboxylic acids is 1. The average molecular weight is 528 g/mol. The fourth-order valence-electron chi connectivity index (χ4n) is 4.05. The third-order valence-corrected chi connectivity index (χ3v) is 7.58. The van der Waals surface area contributed by atoms with Crippen molar-refractivity contribution in [2.24, 2.45) is 0 Å². The number of carbonyl (C=O) groups is 1. The molecule has 12 heteroatoms. The van der Waals surface area contributed by atoms with E-state index < -0.39 is 51.1 Å². The monoisotopic (exact) mass is 528 g/mol. The molecule has 3 aromatic rings. The van der Waals surface area contributed by atoms with E-state index in [4.69, 9.17) is 0 Å². The van der Waals surface area contributed by atoms with Crippen molar-refractivity contribution >= 4 is 27.3 Å². The molecular weight excluding hydrogens is 510 g/mol. The number of halogens is 6. The molecule has 0 saturated carbocycles. The van der Waals surface area contributed by atoms with Crippen molar-refractivity contribution < 1.29 is 39.6 Å². The summed E-state index contributed by atoms with van der Waals surface area (Å²) in [4.78, 5) is 12.8. The Balaban J connectivity index is 1.64. The number of sulfonamides is 1. The summed E-state index contributed by atoms with van der Waals surface area (Å²) in [7, 11) is -3.90. The first kappa shape index (κ1) is 25.5. The first-order valence-corrected chi connectivity index (χ1v) is 11.9. The lowest BCUT2D eigenvalue weighted by atomic mass is 10.1. The number of hydrogen-bond donors (Lipinski definition) is 1. The first-order valence-electron chi connectivity index (χ1n) is 10.5. The summed E-state index contributed by atoms with van der Waals surface area (Å²) < 4.78 is 106. The van der Waals surface area contributed by atoms with E-state index >= 15 is 0 Å². The maximum atomic E-state index is 13.2. The fourth-order valence-corrected chi connectivity index (χ4v) is 5.76. The van der Waals surface area contributed by atoms with Gasteiger partial charge in [-0.25, -0.2) is 8.42 Å². The molecule has 0 bridgehead atoms. The van der Waals surface area contributed by atoms with E-state index in [2.05, 4.69) is 5.32 Å². The molecule has 5 nitrogen and oxygen atoms in total. The van der Waals surface area contributed by atoms with Crippen molar-refractivity contribution in [2.75, 3.05) is 9.62 Å². The Bertz CT molecular complexity index is 1390. The number of nitrogens with zero attached hydrogens (tertiary/aromatic N) is 1. The molecule has 36 heavy (non-hydrogen) atoms. The molecule has 0 radical (unpaired) electrons. The van der Waals surface area contributed by atoms with Gasteiger partial charge in [-0.1, -0.05) is 18.2 Å². The number of nitrogens with one attached hydrogen (secondary N) is 1. The van der Waals surface area contributed by atoms with Crippen LogP contribution in [0.2, 0.25) is 0 Å². The molecule has 1 atom stereocenters. The van der Waals surface area contributed by atoms with Gasteiger partial charge in [-0.05, 0) is 67.4 Å². The number of anilines is 2. The number of fused-ring (bicyclic) bond motifs is 1. The lowest BCUT2D eigenvalue weighted by Crippen LogP contribution is -2.35. The molecule has 0 aromatic heterocycles. The first-order chi connectivity index (χ1) is 16.7. The van der Waals surface area contributed by atoms with Gasteiger partial charge in [-0.2, -0.15) is 26.3 Å². The third kappa shape index (κ3) is 4.90. The van der Waals surface area contributed by atoms with Gasteiger partial charge in [0.1, 0.15) is 0 Å². The van der Waals surface area contributed by atoms with Crippen LogP contribution in [-0.4, -0.2) is 20.4 Å². The Morgan fingerprint density at radius 1 is 0.889 bits per heavy atom. The smallest absolute Gasteiger partial charge is 0.322 e. The molecule has 1 N–H and O–H groups in total. The van der Waals surface area contributed by atoms with Crippen LogP contribution in [0.15, 0.2) is 71.6 Å². The predicted octanol–water partition coefficient (Wildman–Crippen LogP) is 6.12. The Morgan fingerprint density at radius 2 is 1.47 bits per heavy atom. The lowest BCUT2D eigenvalue weighted by molar-refractivity contribution is -0.143. The highest BCUT2D eigenvalue weighted by Gasteiger charge is 2.38. The van der Waals surface area contributed by atoms with E-state index in [-0.39, 0.29) is 22.9 Å². The van der Waals surface area contributed by atoms with Crippen LogP contribution >= 0.6 is 0 Å². The average Bonchev–Trinajstić information content (AvgIpc) is 3.13. The molecule has 0 saturated heterocycles. The van der Waals surface area contributed by atoms with E-state index in [0.717, 1.165) is 0 Å². The Labute approximate surface area is 202 Å². The Kier molecular flexibility index (Phi) is 6.27. The number of hydrogen-bond acceptors (Lipinski definition) is 3. The van der Waals surface area contributed by atoms with Gasteiger partial charge in [0.15, 0.2) is 0 Å². The fraction of sp³-hybridized carbons (Fsp3) is 0.208. The van der Waals surface area contributed by atoms with E-state index in [1.54, 1.807) is 25.1 Å². The maximum absolute atomic E-state index is 13.2. The Morgan fingerprint density at radius 3 is 2.03 bits per heavy atom. The molecule has 4 rings (SSSR count). The Hall–Kier alpha value is -3.54. The largest absolute Gasteiger partial charge is 0.416 e. The van der Waals surface area contributed by atoms with Crippen LogP contribution in [0.4, 0.5) is 37.7 Å². The minimum Gasteiger partial charge on any atom is -0.322 e. The third-order valence-electron chi connectivity index (χ3n) is 5.64. The van der Waals surface area contributed by atoms with Gasteiger partial charge in [0.25, 0.3) is 15.9 Å². The van der Waals surface area contributed by atoms with Gasteiger partial charge >= 0.3 is 12.4 Å². The highest BCUT2D eigenvalue weighted by molar-refractivity contribution is 7.92. The van der Waals surface area contributed by atoms with Crippen molar-refractivity contribution in [2.45, 2.75) is 36.6 Å². The second kappa shape index (κ2) is 8.84. The number of benzene rings is 3. The molecule has 0 spiro atoms. The van der Waals surface area contributed by atoms with Crippen LogP contribution in [0.25, 0.3) is 0 Å². The lowest BCUT2D eigenvalue weighted by Gasteiger charge is -2.24. The van der Waals surface area contributed by atoms with Crippen LogP contribution in [0, 0.1) is 0 Å². The van der Waals surface area contributed by atoms with Gasteiger partial charge in [0, 0.05) is 17.3 Å². The van der Waals surface area contributed by atoms with Gasteiger partial charge in [-0.3, -0.25) is 9.10 Å². The van der Waals surface area contributed by atoms with Crippen molar-refractivity contribution in [1.82, 2.24) is 0 Å². The second-order valence-electron chi connectivity index (χ2n) is 8.26. The summed E-state index contributed by atoms with van der Waals surface area (Å²) in [6.07, 6.45) is -9.86. The van der Waals surface area contributed by atoms with E-state index in [0.29, 0.717) is 23.4 Å². The zero-order valence-electron chi connectivity index (χ0n) is 18.5. The zero-order chi connectivity index (χ0) is 26.5. The van der Waals surface area contributed by atoms with Gasteiger partial charge < -0.3 is 5.32 Å². The molecule has 190 valence electrons. The van der Waals surface area contributed by atoms with Gasteiger partial charge in [0.2, 0.25) is 0 Å². The second-order valence-corrected chi connectivity index (χ2v) is 10.1. The molecule has 0 fully saturated rings. The van der Waals surface area contributed by atoms with E-state index in [1.807, 2.05) is 0 Å². The minimum atomic E-state index is -5.06. The molecule has 1 heterocycles. The highest BCUT2D eigenvalue weighted by atomic mass is 32.2. The molecule has 1 aliphatic heterocycles. The minimum absolute atomic E-state index is 0.0335. The summed E-state index contributed by atoms with van der Waals surface area (Å²) in [5.74, 6) is -0.942. The molecule has 3 aromatic carbocycles. The highest BCUT2D eigenvalue weighted by Crippen LogP contribution is 2.39. The summed E-state index contributed by atoms with van der Waals surface area (Å²) >= 11 is 0. The summed E-state index contributed by atoms with van der Waals surface area (Å²) in [6, 6.07) is 12.1. The predicted molar refractivity (Wildman–Crippen MR) is 120 cm³/mol. The molecule has 1 aliphatic rings. The standard InChI is InChI=1S/C24H18F6N2O3S/c1-14-9-16-10-15(7-8-21(16)32(14)36(34,35)20-5-3-2-4-6-20)22(33)31-19-12-17(23(25,26)27)11-18(13-19)24(28,29)30/h2-8,10-14H,9H2,1H3,(H,31,33)/t14-/m1/s1. The van der Waals surface area contributed by atoms with E-state index in [9.17, 15) is 39.6 Å². The van der Waals surface area contributed by atoms with Crippen LogP contribution < -0.4 is 9.62 Å². The molecular formula is C24H18F6N2O3S. The zero-order valence-corrected chi connectivity index (χ0v) is 19.3. The summed E-state index contributed by atoms with van der Waals surface area (Å²) in [5.41, 5.74) is -3.01. The maximum Gasteiger partial charge on any atom is 0.416 e. The number of rotatable bonds is 4. The van der Waals surface area contributed by atoms with Crippen molar-refractivity contribution in [3.05, 3.63) is 89.0 Å². The summed E-state index contributed by atoms with van der Waals surface area (Å²) in [6.45, 7) is 1.68. The van der Waals surface area contributed by atoms with Crippen LogP contribution in [0.3, 0.4) is 0 Å². The van der Waals surface area contributed by atoms with E-state index in [1.165, 1.54) is 34.6 Å². The van der Waals surface area contributed by atoms with Crippen molar-refractivity contribution in [3.8, 4) is 0 Å². The molecule has 0 unspecified atom stereocenters. The van der Waals surface area contributed by atoms with Crippen molar-refractivity contribution in [1.29, 1.82) is 0 Å². The molecule has 1 amide bonds. The van der Waals surface area contributed by atoms with Crippen LogP contribution in [0.5, 0.6) is 0 Å². The van der Waals surface area contributed by atoms with Gasteiger partial charge in [-0.15, -0.1) is 0 Å². The van der Waals surface area contributed by atoms with Crippen LogP contribution in [-0.2, 0) is 28.8 Å². The normalized spacial score (nSPS) is 16.1. The van der Waals surface area contributed by atoms with Gasteiger partial charge in [0.05, 0.1) is 21.7 Å².